The Morgan fingerprint density at radius 1 is 0.947 bits per heavy atom. The maximum absolute atomic E-state index is 5.39. The minimum absolute atomic E-state index is 0.552. The van der Waals surface area contributed by atoms with Gasteiger partial charge in [-0.2, -0.15) is 5.10 Å². The zero-order valence-electron chi connectivity index (χ0n) is 12.1. The van der Waals surface area contributed by atoms with Crippen LogP contribution in [-0.2, 0) is 20.8 Å². The van der Waals surface area contributed by atoms with Crippen molar-refractivity contribution in [3.63, 3.8) is 0 Å². The fourth-order valence-electron chi connectivity index (χ4n) is 1.22. The first-order valence-electron chi connectivity index (χ1n) is 6.84. The van der Waals surface area contributed by atoms with Gasteiger partial charge >= 0.3 is 0 Å². The summed E-state index contributed by atoms with van der Waals surface area (Å²) in [6.07, 6.45) is 3.67. The fourth-order valence-corrected chi connectivity index (χ4v) is 1.22. The van der Waals surface area contributed by atoms with E-state index in [1.165, 1.54) is 0 Å². The van der Waals surface area contributed by atoms with Crippen molar-refractivity contribution >= 4 is 0 Å². The Balaban J connectivity index is 0.00000154. The highest BCUT2D eigenvalue weighted by Gasteiger charge is 1.92. The Labute approximate surface area is 115 Å². The molecule has 0 atom stereocenters. The third kappa shape index (κ3) is 11.9. The van der Waals surface area contributed by atoms with Gasteiger partial charge in [0.1, 0.15) is 0 Å². The summed E-state index contributed by atoms with van der Waals surface area (Å²) in [6.45, 7) is 8.91. The standard InChI is InChI=1S/C11H21N3O3.C2H6/c12-2-6-15-8-10-17-11-9-16-7-5-14-4-1-3-13-14;1-2/h1,3-4H,2,5-12H2;1-2H3. The smallest absolute Gasteiger partial charge is 0.0701 e. The Bertz CT molecular complexity index is 256. The maximum Gasteiger partial charge on any atom is 0.0701 e. The lowest BCUT2D eigenvalue weighted by molar-refractivity contribution is 0.0141. The summed E-state index contributed by atoms with van der Waals surface area (Å²) in [7, 11) is 0. The number of ether oxygens (including phenoxy) is 3. The second kappa shape index (κ2) is 15.1. The second-order valence-corrected chi connectivity index (χ2v) is 3.39. The molecular weight excluding hydrogens is 246 g/mol. The van der Waals surface area contributed by atoms with Crippen molar-refractivity contribution in [1.29, 1.82) is 0 Å². The number of hydrogen-bond donors (Lipinski definition) is 1. The Morgan fingerprint density at radius 2 is 1.53 bits per heavy atom. The molecule has 0 bridgehead atoms. The summed E-state index contributed by atoms with van der Waals surface area (Å²) < 4.78 is 17.7. The quantitative estimate of drug-likeness (QED) is 0.607. The third-order valence-corrected chi connectivity index (χ3v) is 2.03. The number of hydrogen-bond acceptors (Lipinski definition) is 5. The first-order valence-corrected chi connectivity index (χ1v) is 6.84. The molecule has 6 nitrogen and oxygen atoms in total. The average Bonchev–Trinajstić information content (AvgIpc) is 2.96. The third-order valence-electron chi connectivity index (χ3n) is 2.03. The molecule has 1 aromatic heterocycles. The van der Waals surface area contributed by atoms with Crippen molar-refractivity contribution in [3.05, 3.63) is 18.5 Å². The van der Waals surface area contributed by atoms with Gasteiger partial charge in [-0.15, -0.1) is 0 Å². The minimum atomic E-state index is 0.552. The van der Waals surface area contributed by atoms with Crippen LogP contribution >= 0.6 is 0 Å². The molecule has 19 heavy (non-hydrogen) atoms. The minimum Gasteiger partial charge on any atom is -0.378 e. The Hall–Kier alpha value is -0.950. The first-order chi connectivity index (χ1) is 9.43. The van der Waals surface area contributed by atoms with Crippen molar-refractivity contribution < 1.29 is 14.2 Å². The van der Waals surface area contributed by atoms with Crippen molar-refractivity contribution in [1.82, 2.24) is 9.78 Å². The Morgan fingerprint density at radius 3 is 2.05 bits per heavy atom. The molecule has 0 amide bonds. The van der Waals surface area contributed by atoms with Crippen LogP contribution in [-0.4, -0.2) is 56.0 Å². The van der Waals surface area contributed by atoms with Crippen molar-refractivity contribution in [2.75, 3.05) is 46.2 Å². The lowest BCUT2D eigenvalue weighted by atomic mass is 10.6. The van der Waals surface area contributed by atoms with Gasteiger partial charge in [-0.05, 0) is 6.07 Å². The molecule has 0 saturated heterocycles. The topological polar surface area (TPSA) is 71.5 Å². The molecule has 1 heterocycles. The highest BCUT2D eigenvalue weighted by molar-refractivity contribution is 4.77. The van der Waals surface area contributed by atoms with Crippen LogP contribution in [0, 0.1) is 0 Å². The number of aromatic nitrogens is 2. The lowest BCUT2D eigenvalue weighted by Crippen LogP contribution is -2.14. The van der Waals surface area contributed by atoms with Gasteiger partial charge in [0.2, 0.25) is 0 Å². The molecule has 0 aliphatic heterocycles. The molecule has 6 heteroatoms. The average molecular weight is 273 g/mol. The van der Waals surface area contributed by atoms with Gasteiger partial charge in [0.15, 0.2) is 0 Å². The molecule has 0 aliphatic carbocycles. The molecule has 1 rings (SSSR count). The van der Waals surface area contributed by atoms with Gasteiger partial charge in [-0.25, -0.2) is 0 Å². The van der Waals surface area contributed by atoms with E-state index in [0.29, 0.717) is 46.2 Å². The largest absolute Gasteiger partial charge is 0.378 e. The molecule has 0 unspecified atom stereocenters. The molecule has 0 aliphatic rings. The van der Waals surface area contributed by atoms with Crippen LogP contribution in [0.1, 0.15) is 13.8 Å². The van der Waals surface area contributed by atoms with E-state index in [1.54, 1.807) is 6.20 Å². The van der Waals surface area contributed by atoms with Crippen LogP contribution in [0.4, 0.5) is 0 Å². The fraction of sp³-hybridized carbons (Fsp3) is 0.769. The predicted octanol–water partition coefficient (Wildman–Crippen LogP) is 0.918. The number of rotatable bonds is 11. The summed E-state index contributed by atoms with van der Waals surface area (Å²) in [5.41, 5.74) is 5.27. The molecule has 2 N–H and O–H groups in total. The van der Waals surface area contributed by atoms with E-state index in [-0.39, 0.29) is 0 Å². The van der Waals surface area contributed by atoms with Gasteiger partial charge in [0, 0.05) is 18.9 Å². The van der Waals surface area contributed by atoms with E-state index in [1.807, 2.05) is 30.8 Å². The lowest BCUT2D eigenvalue weighted by Gasteiger charge is -2.06. The van der Waals surface area contributed by atoms with E-state index in [2.05, 4.69) is 5.10 Å². The van der Waals surface area contributed by atoms with E-state index in [4.69, 9.17) is 19.9 Å². The molecule has 0 saturated carbocycles. The van der Waals surface area contributed by atoms with E-state index in [0.717, 1.165) is 6.54 Å². The molecule has 0 fully saturated rings. The first kappa shape index (κ1) is 18.0. The maximum atomic E-state index is 5.39. The van der Waals surface area contributed by atoms with Gasteiger partial charge < -0.3 is 19.9 Å². The van der Waals surface area contributed by atoms with Crippen molar-refractivity contribution in [2.45, 2.75) is 20.4 Å². The normalized spacial score (nSPS) is 10.1. The predicted molar refractivity (Wildman–Crippen MR) is 75.1 cm³/mol. The summed E-state index contributed by atoms with van der Waals surface area (Å²) >= 11 is 0. The van der Waals surface area contributed by atoms with Crippen LogP contribution in [0.5, 0.6) is 0 Å². The molecular formula is C13H27N3O3. The van der Waals surface area contributed by atoms with Gasteiger partial charge in [0.25, 0.3) is 0 Å². The van der Waals surface area contributed by atoms with Crippen LogP contribution in [0.3, 0.4) is 0 Å². The number of nitrogens with two attached hydrogens (primary N) is 1. The molecule has 0 aromatic carbocycles. The van der Waals surface area contributed by atoms with Crippen molar-refractivity contribution in [3.8, 4) is 0 Å². The van der Waals surface area contributed by atoms with E-state index < -0.39 is 0 Å². The van der Waals surface area contributed by atoms with Crippen molar-refractivity contribution in [2.24, 2.45) is 5.73 Å². The van der Waals surface area contributed by atoms with E-state index >= 15 is 0 Å². The molecule has 1 aromatic rings. The highest BCUT2D eigenvalue weighted by Crippen LogP contribution is 1.86. The zero-order chi connectivity index (χ0) is 14.2. The molecule has 0 spiro atoms. The van der Waals surface area contributed by atoms with Crippen LogP contribution in [0.15, 0.2) is 18.5 Å². The SMILES string of the molecule is CC.NCCOCCOCCOCCn1cccn1. The van der Waals surface area contributed by atoms with E-state index in [9.17, 15) is 0 Å². The highest BCUT2D eigenvalue weighted by atomic mass is 16.5. The summed E-state index contributed by atoms with van der Waals surface area (Å²) in [6, 6.07) is 1.89. The summed E-state index contributed by atoms with van der Waals surface area (Å²) in [5, 5.41) is 4.07. The summed E-state index contributed by atoms with van der Waals surface area (Å²) in [4.78, 5) is 0. The van der Waals surface area contributed by atoms with Crippen LogP contribution in [0.2, 0.25) is 0 Å². The summed E-state index contributed by atoms with van der Waals surface area (Å²) in [5.74, 6) is 0. The molecule has 0 radical (unpaired) electrons. The second-order valence-electron chi connectivity index (χ2n) is 3.39. The van der Waals surface area contributed by atoms with Crippen LogP contribution in [0.25, 0.3) is 0 Å². The molecule has 112 valence electrons. The van der Waals surface area contributed by atoms with Gasteiger partial charge in [-0.1, -0.05) is 13.8 Å². The van der Waals surface area contributed by atoms with Gasteiger partial charge in [0.05, 0.1) is 46.2 Å². The Kier molecular flexibility index (Phi) is 14.4. The number of nitrogens with zero attached hydrogens (tertiary/aromatic N) is 2. The van der Waals surface area contributed by atoms with Crippen LogP contribution < -0.4 is 5.73 Å². The van der Waals surface area contributed by atoms with Gasteiger partial charge in [-0.3, -0.25) is 4.68 Å². The zero-order valence-corrected chi connectivity index (χ0v) is 12.1. The monoisotopic (exact) mass is 273 g/mol.